The molecule has 3 aromatic rings. The summed E-state index contributed by atoms with van der Waals surface area (Å²) < 4.78 is 0. The predicted molar refractivity (Wildman–Crippen MR) is 107 cm³/mol. The van der Waals surface area contributed by atoms with Crippen LogP contribution in [-0.4, -0.2) is 39.1 Å². The SMILES string of the molecule is Cc1cccc(Nc2ncc(-c3cncc(NC4CCNCC4)c3)cn2)n1. The summed E-state index contributed by atoms with van der Waals surface area (Å²) in [7, 11) is 0. The van der Waals surface area contributed by atoms with Crippen LogP contribution in [0.2, 0.25) is 0 Å². The van der Waals surface area contributed by atoms with Crippen LogP contribution in [0.1, 0.15) is 18.5 Å². The Morgan fingerprint density at radius 1 is 1.00 bits per heavy atom. The molecule has 4 heterocycles. The van der Waals surface area contributed by atoms with Crippen LogP contribution in [-0.2, 0) is 0 Å². The summed E-state index contributed by atoms with van der Waals surface area (Å²) in [6.07, 6.45) is 9.56. The second-order valence-electron chi connectivity index (χ2n) is 6.72. The van der Waals surface area contributed by atoms with Gasteiger partial charge in [-0.3, -0.25) is 4.98 Å². The normalized spacial score (nSPS) is 14.7. The lowest BCUT2D eigenvalue weighted by molar-refractivity contribution is 0.479. The standard InChI is InChI=1S/C20H23N7/c1-14-3-2-4-19(25-14)27-20-23-11-16(12-24-20)15-9-18(13-22-10-15)26-17-5-7-21-8-6-17/h2-4,9-13,17,21,26H,5-8H2,1H3,(H,23,24,25,27). The van der Waals surface area contributed by atoms with Crippen LogP contribution < -0.4 is 16.0 Å². The van der Waals surface area contributed by atoms with E-state index < -0.39 is 0 Å². The van der Waals surface area contributed by atoms with Gasteiger partial charge in [0.2, 0.25) is 5.95 Å². The van der Waals surface area contributed by atoms with Gasteiger partial charge in [-0.1, -0.05) is 6.07 Å². The van der Waals surface area contributed by atoms with Crippen molar-refractivity contribution in [2.24, 2.45) is 0 Å². The summed E-state index contributed by atoms with van der Waals surface area (Å²) >= 11 is 0. The second kappa shape index (κ2) is 8.09. The van der Waals surface area contributed by atoms with Crippen LogP contribution in [0.5, 0.6) is 0 Å². The number of aryl methyl sites for hydroxylation is 1. The van der Waals surface area contributed by atoms with Crippen LogP contribution in [0.3, 0.4) is 0 Å². The molecule has 7 heteroatoms. The highest BCUT2D eigenvalue weighted by Crippen LogP contribution is 2.22. The fourth-order valence-electron chi connectivity index (χ4n) is 3.15. The number of aromatic nitrogens is 4. The van der Waals surface area contributed by atoms with E-state index in [0.29, 0.717) is 12.0 Å². The largest absolute Gasteiger partial charge is 0.381 e. The maximum Gasteiger partial charge on any atom is 0.228 e. The molecule has 0 atom stereocenters. The highest BCUT2D eigenvalue weighted by Gasteiger charge is 2.13. The summed E-state index contributed by atoms with van der Waals surface area (Å²) in [5.41, 5.74) is 3.90. The molecule has 0 unspecified atom stereocenters. The molecule has 1 aliphatic heterocycles. The van der Waals surface area contributed by atoms with E-state index in [1.165, 1.54) is 0 Å². The van der Waals surface area contributed by atoms with Crippen LogP contribution in [0.25, 0.3) is 11.1 Å². The predicted octanol–water partition coefficient (Wildman–Crippen LogP) is 3.15. The molecule has 7 nitrogen and oxygen atoms in total. The van der Waals surface area contributed by atoms with Gasteiger partial charge in [0.15, 0.2) is 0 Å². The van der Waals surface area contributed by atoms with E-state index in [9.17, 15) is 0 Å². The molecule has 4 rings (SSSR count). The molecule has 1 aliphatic rings. The summed E-state index contributed by atoms with van der Waals surface area (Å²) in [6, 6.07) is 8.39. The zero-order valence-corrected chi connectivity index (χ0v) is 15.3. The van der Waals surface area contributed by atoms with Gasteiger partial charge in [-0.2, -0.15) is 0 Å². The van der Waals surface area contributed by atoms with Gasteiger partial charge >= 0.3 is 0 Å². The Morgan fingerprint density at radius 2 is 1.81 bits per heavy atom. The summed E-state index contributed by atoms with van der Waals surface area (Å²) in [5, 5.41) is 10.1. The third kappa shape index (κ3) is 4.57. The number of nitrogens with zero attached hydrogens (tertiary/aromatic N) is 4. The molecular formula is C20H23N7. The molecule has 27 heavy (non-hydrogen) atoms. The quantitative estimate of drug-likeness (QED) is 0.643. The van der Waals surface area contributed by atoms with Gasteiger partial charge in [0, 0.05) is 47.7 Å². The Morgan fingerprint density at radius 3 is 2.59 bits per heavy atom. The number of nitrogens with one attached hydrogen (secondary N) is 3. The average molecular weight is 361 g/mol. The monoisotopic (exact) mass is 361 g/mol. The lowest BCUT2D eigenvalue weighted by atomic mass is 10.1. The Kier molecular flexibility index (Phi) is 5.20. The molecule has 1 fully saturated rings. The lowest BCUT2D eigenvalue weighted by Crippen LogP contribution is -2.35. The maximum atomic E-state index is 4.41. The Hall–Kier alpha value is -3.06. The van der Waals surface area contributed by atoms with Crippen LogP contribution >= 0.6 is 0 Å². The van der Waals surface area contributed by atoms with Gasteiger partial charge in [0.05, 0.1) is 5.69 Å². The van der Waals surface area contributed by atoms with Crippen molar-refractivity contribution in [1.29, 1.82) is 0 Å². The molecule has 0 amide bonds. The zero-order valence-electron chi connectivity index (χ0n) is 15.3. The molecule has 138 valence electrons. The topological polar surface area (TPSA) is 87.7 Å². The van der Waals surface area contributed by atoms with E-state index in [0.717, 1.165) is 54.3 Å². The minimum atomic E-state index is 0.493. The van der Waals surface area contributed by atoms with Gasteiger partial charge in [0.1, 0.15) is 5.82 Å². The number of rotatable bonds is 5. The molecule has 0 aromatic carbocycles. The van der Waals surface area contributed by atoms with Gasteiger partial charge in [0.25, 0.3) is 0 Å². The second-order valence-corrected chi connectivity index (χ2v) is 6.72. The van der Waals surface area contributed by atoms with Crippen molar-refractivity contribution < 1.29 is 0 Å². The summed E-state index contributed by atoms with van der Waals surface area (Å²) in [6.45, 7) is 4.07. The van der Waals surface area contributed by atoms with Gasteiger partial charge in [-0.25, -0.2) is 15.0 Å². The van der Waals surface area contributed by atoms with Gasteiger partial charge in [-0.05, 0) is 51.1 Å². The smallest absolute Gasteiger partial charge is 0.228 e. The van der Waals surface area contributed by atoms with E-state index in [1.807, 2.05) is 37.5 Å². The van der Waals surface area contributed by atoms with Crippen molar-refractivity contribution in [3.63, 3.8) is 0 Å². The van der Waals surface area contributed by atoms with Crippen molar-refractivity contribution in [3.05, 3.63) is 54.7 Å². The Bertz CT molecular complexity index is 889. The minimum absolute atomic E-state index is 0.493. The molecule has 0 bridgehead atoms. The zero-order chi connectivity index (χ0) is 18.5. The molecule has 0 aliphatic carbocycles. The number of hydrogen-bond acceptors (Lipinski definition) is 7. The Labute approximate surface area is 158 Å². The van der Waals surface area contributed by atoms with Crippen molar-refractivity contribution in [2.45, 2.75) is 25.8 Å². The number of piperidine rings is 1. The molecule has 3 aromatic heterocycles. The van der Waals surface area contributed by atoms with Crippen LogP contribution in [0, 0.1) is 6.92 Å². The van der Waals surface area contributed by atoms with Gasteiger partial charge in [-0.15, -0.1) is 0 Å². The Balaban J connectivity index is 1.46. The van der Waals surface area contributed by atoms with E-state index in [1.54, 1.807) is 12.4 Å². The summed E-state index contributed by atoms with van der Waals surface area (Å²) in [4.78, 5) is 17.6. The number of pyridine rings is 2. The number of anilines is 3. The van der Waals surface area contributed by atoms with Crippen molar-refractivity contribution in [2.75, 3.05) is 23.7 Å². The first kappa shape index (κ1) is 17.4. The first-order valence-electron chi connectivity index (χ1n) is 9.22. The van der Waals surface area contributed by atoms with E-state index in [2.05, 4.69) is 42.0 Å². The third-order valence-electron chi connectivity index (χ3n) is 4.56. The third-order valence-corrected chi connectivity index (χ3v) is 4.56. The van der Waals surface area contributed by atoms with Crippen molar-refractivity contribution >= 4 is 17.5 Å². The minimum Gasteiger partial charge on any atom is -0.381 e. The molecule has 3 N–H and O–H groups in total. The van der Waals surface area contributed by atoms with Gasteiger partial charge < -0.3 is 16.0 Å². The highest BCUT2D eigenvalue weighted by molar-refractivity contribution is 5.66. The van der Waals surface area contributed by atoms with E-state index in [-0.39, 0.29) is 0 Å². The van der Waals surface area contributed by atoms with Crippen LogP contribution in [0.4, 0.5) is 17.5 Å². The molecule has 0 spiro atoms. The highest BCUT2D eigenvalue weighted by atomic mass is 15.1. The molecular weight excluding hydrogens is 338 g/mol. The average Bonchev–Trinajstić information content (AvgIpc) is 2.70. The first-order chi connectivity index (χ1) is 13.3. The van der Waals surface area contributed by atoms with Crippen molar-refractivity contribution in [1.82, 2.24) is 25.3 Å². The first-order valence-corrected chi connectivity index (χ1v) is 9.22. The fraction of sp³-hybridized carbons (Fsp3) is 0.300. The number of hydrogen-bond donors (Lipinski definition) is 3. The van der Waals surface area contributed by atoms with E-state index >= 15 is 0 Å². The van der Waals surface area contributed by atoms with Crippen molar-refractivity contribution in [3.8, 4) is 11.1 Å². The molecule has 0 radical (unpaired) electrons. The fourth-order valence-corrected chi connectivity index (χ4v) is 3.15. The maximum absolute atomic E-state index is 4.41. The molecule has 1 saturated heterocycles. The van der Waals surface area contributed by atoms with Crippen LogP contribution in [0.15, 0.2) is 49.1 Å². The molecule has 0 saturated carbocycles. The van der Waals surface area contributed by atoms with E-state index in [4.69, 9.17) is 0 Å². The summed E-state index contributed by atoms with van der Waals surface area (Å²) in [5.74, 6) is 1.26. The lowest BCUT2D eigenvalue weighted by Gasteiger charge is -2.24.